The molecule has 1 unspecified atom stereocenters. The van der Waals surface area contributed by atoms with E-state index in [9.17, 15) is 0 Å². The van der Waals surface area contributed by atoms with Gasteiger partial charge in [-0.25, -0.2) is 4.98 Å². The molecule has 1 atom stereocenters. The SMILES string of the molecule is CCCn1cc(C(N)c2nc(C(C)C)cs2)cn1. The van der Waals surface area contributed by atoms with Crippen molar-refractivity contribution in [1.29, 1.82) is 0 Å². The summed E-state index contributed by atoms with van der Waals surface area (Å²) in [5.41, 5.74) is 8.39. The lowest BCUT2D eigenvalue weighted by Gasteiger charge is -2.05. The van der Waals surface area contributed by atoms with Gasteiger partial charge in [-0.2, -0.15) is 5.10 Å². The Morgan fingerprint density at radius 2 is 2.22 bits per heavy atom. The van der Waals surface area contributed by atoms with E-state index in [0.29, 0.717) is 5.92 Å². The first-order chi connectivity index (χ1) is 8.61. The van der Waals surface area contributed by atoms with Gasteiger partial charge >= 0.3 is 0 Å². The summed E-state index contributed by atoms with van der Waals surface area (Å²) < 4.78 is 1.94. The third-order valence-electron chi connectivity index (χ3n) is 2.86. The van der Waals surface area contributed by atoms with Crippen LogP contribution in [0, 0.1) is 0 Å². The Balaban J connectivity index is 2.15. The molecule has 0 fully saturated rings. The minimum Gasteiger partial charge on any atom is -0.318 e. The van der Waals surface area contributed by atoms with Crippen LogP contribution in [0.2, 0.25) is 0 Å². The maximum Gasteiger partial charge on any atom is 0.114 e. The van der Waals surface area contributed by atoms with Crippen molar-refractivity contribution in [2.45, 2.75) is 45.7 Å². The summed E-state index contributed by atoms with van der Waals surface area (Å²) >= 11 is 1.63. The number of nitrogens with two attached hydrogens (primary N) is 1. The number of aromatic nitrogens is 3. The molecule has 0 saturated heterocycles. The molecule has 2 aromatic rings. The van der Waals surface area contributed by atoms with Crippen molar-refractivity contribution < 1.29 is 0 Å². The van der Waals surface area contributed by atoms with Gasteiger partial charge in [-0.1, -0.05) is 20.8 Å². The van der Waals surface area contributed by atoms with Crippen molar-refractivity contribution in [3.8, 4) is 0 Å². The average Bonchev–Trinajstić information content (AvgIpc) is 2.97. The molecular weight excluding hydrogens is 244 g/mol. The van der Waals surface area contributed by atoms with Gasteiger partial charge in [-0.3, -0.25) is 4.68 Å². The standard InChI is InChI=1S/C13H20N4S/c1-4-5-17-7-10(6-15-17)12(14)13-16-11(8-18-13)9(2)3/h6-9,12H,4-5,14H2,1-3H3. The van der Waals surface area contributed by atoms with Crippen LogP contribution in [0.4, 0.5) is 0 Å². The predicted molar refractivity (Wildman–Crippen MR) is 74.8 cm³/mol. The first-order valence-electron chi connectivity index (χ1n) is 6.35. The van der Waals surface area contributed by atoms with Crippen LogP contribution < -0.4 is 5.73 Å². The minimum atomic E-state index is -0.159. The molecule has 98 valence electrons. The molecule has 0 amide bonds. The number of rotatable bonds is 5. The first-order valence-corrected chi connectivity index (χ1v) is 7.23. The summed E-state index contributed by atoms with van der Waals surface area (Å²) in [6.45, 7) is 7.35. The summed E-state index contributed by atoms with van der Waals surface area (Å²) in [5, 5.41) is 7.37. The molecule has 0 bridgehead atoms. The Morgan fingerprint density at radius 1 is 1.44 bits per heavy atom. The molecular formula is C13H20N4S. The molecule has 18 heavy (non-hydrogen) atoms. The fraction of sp³-hybridized carbons (Fsp3) is 0.538. The van der Waals surface area contributed by atoms with Gasteiger partial charge in [0, 0.05) is 23.7 Å². The van der Waals surface area contributed by atoms with Crippen LogP contribution in [0.1, 0.15) is 55.4 Å². The van der Waals surface area contributed by atoms with Crippen LogP contribution >= 0.6 is 11.3 Å². The fourth-order valence-electron chi connectivity index (χ4n) is 1.74. The van der Waals surface area contributed by atoms with E-state index in [2.05, 4.69) is 36.2 Å². The highest BCUT2D eigenvalue weighted by Gasteiger charge is 2.16. The lowest BCUT2D eigenvalue weighted by atomic mass is 10.1. The highest BCUT2D eigenvalue weighted by molar-refractivity contribution is 7.09. The molecule has 0 aliphatic heterocycles. The smallest absolute Gasteiger partial charge is 0.114 e. The number of aryl methyl sites for hydroxylation is 1. The van der Waals surface area contributed by atoms with Crippen LogP contribution in [0.25, 0.3) is 0 Å². The summed E-state index contributed by atoms with van der Waals surface area (Å²) in [5.74, 6) is 0.449. The van der Waals surface area contributed by atoms with Crippen molar-refractivity contribution in [1.82, 2.24) is 14.8 Å². The largest absolute Gasteiger partial charge is 0.318 e. The summed E-state index contributed by atoms with van der Waals surface area (Å²) in [7, 11) is 0. The highest BCUT2D eigenvalue weighted by Crippen LogP contribution is 2.25. The van der Waals surface area contributed by atoms with Crippen molar-refractivity contribution >= 4 is 11.3 Å². The van der Waals surface area contributed by atoms with E-state index in [1.165, 1.54) is 0 Å². The second-order valence-corrected chi connectivity index (χ2v) is 5.67. The van der Waals surface area contributed by atoms with E-state index in [4.69, 9.17) is 5.73 Å². The summed E-state index contributed by atoms with van der Waals surface area (Å²) in [6.07, 6.45) is 4.94. The predicted octanol–water partition coefficient (Wildman–Crippen LogP) is 2.92. The van der Waals surface area contributed by atoms with Crippen molar-refractivity contribution in [2.24, 2.45) is 5.73 Å². The van der Waals surface area contributed by atoms with Gasteiger partial charge < -0.3 is 5.73 Å². The maximum atomic E-state index is 6.23. The van der Waals surface area contributed by atoms with Gasteiger partial charge in [0.2, 0.25) is 0 Å². The fourth-order valence-corrected chi connectivity index (χ4v) is 2.75. The quantitative estimate of drug-likeness (QED) is 0.903. The highest BCUT2D eigenvalue weighted by atomic mass is 32.1. The monoisotopic (exact) mass is 264 g/mol. The molecule has 2 N–H and O–H groups in total. The lowest BCUT2D eigenvalue weighted by molar-refractivity contribution is 0.602. The number of hydrogen-bond donors (Lipinski definition) is 1. The van der Waals surface area contributed by atoms with Crippen LogP contribution in [-0.2, 0) is 6.54 Å². The van der Waals surface area contributed by atoms with Gasteiger partial charge in [0.25, 0.3) is 0 Å². The molecule has 0 radical (unpaired) electrons. The Labute approximate surface area is 112 Å². The van der Waals surface area contributed by atoms with Crippen LogP contribution in [0.15, 0.2) is 17.8 Å². The van der Waals surface area contributed by atoms with Gasteiger partial charge in [0.15, 0.2) is 0 Å². The zero-order chi connectivity index (χ0) is 13.1. The van der Waals surface area contributed by atoms with E-state index < -0.39 is 0 Å². The lowest BCUT2D eigenvalue weighted by Crippen LogP contribution is -2.11. The summed E-state index contributed by atoms with van der Waals surface area (Å²) in [6, 6.07) is -0.159. The molecule has 0 aromatic carbocycles. The average molecular weight is 264 g/mol. The second-order valence-electron chi connectivity index (χ2n) is 4.78. The van der Waals surface area contributed by atoms with Gasteiger partial charge in [-0.05, 0) is 12.3 Å². The van der Waals surface area contributed by atoms with E-state index in [0.717, 1.165) is 29.2 Å². The molecule has 4 nitrogen and oxygen atoms in total. The second kappa shape index (κ2) is 5.63. The Kier molecular flexibility index (Phi) is 4.14. The van der Waals surface area contributed by atoms with E-state index in [1.807, 2.05) is 17.1 Å². The third kappa shape index (κ3) is 2.79. The van der Waals surface area contributed by atoms with Gasteiger partial charge in [0.05, 0.1) is 17.9 Å². The zero-order valence-corrected chi connectivity index (χ0v) is 11.9. The Hall–Kier alpha value is -1.20. The van der Waals surface area contributed by atoms with E-state index in [-0.39, 0.29) is 6.04 Å². The molecule has 0 aliphatic rings. The van der Waals surface area contributed by atoms with Gasteiger partial charge in [-0.15, -0.1) is 11.3 Å². The topological polar surface area (TPSA) is 56.7 Å². The molecule has 2 aromatic heterocycles. The van der Waals surface area contributed by atoms with Crippen molar-refractivity contribution in [3.63, 3.8) is 0 Å². The molecule has 5 heteroatoms. The Bertz CT molecular complexity index is 501. The normalized spacial score (nSPS) is 13.2. The Morgan fingerprint density at radius 3 is 2.83 bits per heavy atom. The number of hydrogen-bond acceptors (Lipinski definition) is 4. The maximum absolute atomic E-state index is 6.23. The summed E-state index contributed by atoms with van der Waals surface area (Å²) in [4.78, 5) is 4.60. The molecule has 0 saturated carbocycles. The van der Waals surface area contributed by atoms with Gasteiger partial charge in [0.1, 0.15) is 5.01 Å². The third-order valence-corrected chi connectivity index (χ3v) is 3.81. The number of thiazole rings is 1. The molecule has 0 aliphatic carbocycles. The minimum absolute atomic E-state index is 0.159. The van der Waals surface area contributed by atoms with Crippen molar-refractivity contribution in [2.75, 3.05) is 0 Å². The van der Waals surface area contributed by atoms with E-state index in [1.54, 1.807) is 11.3 Å². The van der Waals surface area contributed by atoms with Crippen LogP contribution in [0.3, 0.4) is 0 Å². The van der Waals surface area contributed by atoms with Crippen LogP contribution in [-0.4, -0.2) is 14.8 Å². The van der Waals surface area contributed by atoms with Crippen LogP contribution in [0.5, 0.6) is 0 Å². The molecule has 2 heterocycles. The van der Waals surface area contributed by atoms with E-state index >= 15 is 0 Å². The zero-order valence-electron chi connectivity index (χ0n) is 11.1. The molecule has 0 spiro atoms. The molecule has 2 rings (SSSR count). The first kappa shape index (κ1) is 13.2. The number of nitrogens with zero attached hydrogens (tertiary/aromatic N) is 3. The van der Waals surface area contributed by atoms with Crippen molar-refractivity contribution in [3.05, 3.63) is 34.0 Å².